The lowest BCUT2D eigenvalue weighted by atomic mass is 10.00. The van der Waals surface area contributed by atoms with Crippen molar-refractivity contribution >= 4 is 58.0 Å². The SMILES string of the molecule is O=C(CN1C(=O)C(c2ccccc2)=NC12CCCCCC2)Nc1ccc(Cl)cc1.O=C(CN1C(=O)C(c2ccccc2)=NC12CCCCCC2)Nc1ccccc1. The number of halogens is 1. The molecule has 0 bridgehead atoms. The zero-order valence-corrected chi connectivity index (χ0v) is 32.9. The fourth-order valence-electron chi connectivity index (χ4n) is 8.37. The van der Waals surface area contributed by atoms with Gasteiger partial charge in [0.05, 0.1) is 0 Å². The molecule has 0 aromatic heterocycles. The van der Waals surface area contributed by atoms with Crippen LogP contribution in [0, 0.1) is 0 Å². The van der Waals surface area contributed by atoms with E-state index >= 15 is 0 Å². The molecule has 0 unspecified atom stereocenters. The van der Waals surface area contributed by atoms with Crippen LogP contribution in [-0.4, -0.2) is 69.3 Å². The van der Waals surface area contributed by atoms with Gasteiger partial charge in [-0.2, -0.15) is 0 Å². The fraction of sp³-hybridized carbons (Fsp3) is 0.348. The summed E-state index contributed by atoms with van der Waals surface area (Å²) >= 11 is 5.91. The van der Waals surface area contributed by atoms with Crippen molar-refractivity contribution in [2.24, 2.45) is 9.98 Å². The van der Waals surface area contributed by atoms with Gasteiger partial charge in [-0.25, -0.2) is 0 Å². The number of carbonyl (C=O) groups excluding carboxylic acids is 4. The molecule has 4 aromatic carbocycles. The highest BCUT2D eigenvalue weighted by atomic mass is 35.5. The van der Waals surface area contributed by atoms with E-state index in [9.17, 15) is 19.2 Å². The van der Waals surface area contributed by atoms with Crippen molar-refractivity contribution in [3.8, 4) is 0 Å². The standard InChI is InChI=1S/C23H24ClN3O2.C23H25N3O2/c24-18-10-12-19(13-11-18)25-20(28)16-27-22(29)21(17-8-4-3-5-9-17)26-23(27)14-6-1-2-7-15-23;27-20(24-19-13-7-4-8-14-19)17-26-22(28)21(18-11-5-3-6-12-18)25-23(26)15-9-1-2-10-16-23/h3-5,8-13H,1-2,6-7,14-16H2,(H,25,28);3-8,11-14H,1-2,9-10,15-17H2,(H,24,27). The van der Waals surface area contributed by atoms with Gasteiger partial charge in [-0.05, 0) is 87.8 Å². The van der Waals surface area contributed by atoms with Gasteiger partial charge in [0.15, 0.2) is 0 Å². The first-order valence-electron chi connectivity index (χ1n) is 20.1. The average Bonchev–Trinajstić information content (AvgIpc) is 3.42. The smallest absolute Gasteiger partial charge is 0.275 e. The van der Waals surface area contributed by atoms with Gasteiger partial charge in [0, 0.05) is 27.5 Å². The Morgan fingerprint density at radius 1 is 0.509 bits per heavy atom. The van der Waals surface area contributed by atoms with Gasteiger partial charge in [-0.1, -0.05) is 116 Å². The predicted molar refractivity (Wildman–Crippen MR) is 225 cm³/mol. The second kappa shape index (κ2) is 18.1. The predicted octanol–water partition coefficient (Wildman–Crippen LogP) is 8.67. The van der Waals surface area contributed by atoms with Crippen LogP contribution in [0.1, 0.15) is 88.2 Å². The van der Waals surface area contributed by atoms with Crippen LogP contribution < -0.4 is 10.6 Å². The van der Waals surface area contributed by atoms with Gasteiger partial charge >= 0.3 is 0 Å². The summed E-state index contributed by atoms with van der Waals surface area (Å²) in [7, 11) is 0. The number of nitrogens with one attached hydrogen (secondary N) is 2. The van der Waals surface area contributed by atoms with Crippen LogP contribution in [0.5, 0.6) is 0 Å². The first-order chi connectivity index (χ1) is 27.8. The first-order valence-corrected chi connectivity index (χ1v) is 20.5. The molecule has 2 aliphatic carbocycles. The highest BCUT2D eigenvalue weighted by molar-refractivity contribution is 6.47. The third-order valence-corrected chi connectivity index (χ3v) is 11.5. The number of nitrogens with zero attached hydrogens (tertiary/aromatic N) is 4. The molecule has 10 nitrogen and oxygen atoms in total. The quantitative estimate of drug-likeness (QED) is 0.186. The summed E-state index contributed by atoms with van der Waals surface area (Å²) in [6, 6.07) is 35.4. The van der Waals surface area contributed by atoms with Crippen LogP contribution in [0.3, 0.4) is 0 Å². The number of hydrogen-bond donors (Lipinski definition) is 2. The molecule has 294 valence electrons. The number of aliphatic imine (C=N–C) groups is 2. The number of benzene rings is 4. The van der Waals surface area contributed by atoms with Gasteiger partial charge < -0.3 is 20.4 Å². The summed E-state index contributed by atoms with van der Waals surface area (Å²) in [5.41, 5.74) is 2.76. The van der Waals surface area contributed by atoms with E-state index in [4.69, 9.17) is 21.6 Å². The molecular formula is C46H49ClN6O4. The van der Waals surface area contributed by atoms with Gasteiger partial charge in [0.2, 0.25) is 11.8 Å². The van der Waals surface area contributed by atoms with E-state index in [1.54, 1.807) is 34.1 Å². The molecule has 2 aliphatic heterocycles. The summed E-state index contributed by atoms with van der Waals surface area (Å²) in [6.07, 6.45) is 11.8. The largest absolute Gasteiger partial charge is 0.325 e. The minimum absolute atomic E-state index is 0.0126. The summed E-state index contributed by atoms with van der Waals surface area (Å²) < 4.78 is 0. The lowest BCUT2D eigenvalue weighted by Gasteiger charge is -2.35. The van der Waals surface area contributed by atoms with E-state index in [2.05, 4.69) is 10.6 Å². The van der Waals surface area contributed by atoms with Crippen LogP contribution in [0.25, 0.3) is 0 Å². The Morgan fingerprint density at radius 3 is 1.25 bits per heavy atom. The Kier molecular flexibility index (Phi) is 12.6. The molecular weight excluding hydrogens is 736 g/mol. The zero-order valence-electron chi connectivity index (χ0n) is 32.2. The molecule has 8 rings (SSSR count). The second-order valence-electron chi connectivity index (χ2n) is 15.2. The molecule has 4 aromatic rings. The Bertz CT molecular complexity index is 2090. The van der Waals surface area contributed by atoms with Crippen LogP contribution in [0.4, 0.5) is 11.4 Å². The van der Waals surface area contributed by atoms with Gasteiger partial charge in [0.1, 0.15) is 35.8 Å². The highest BCUT2D eigenvalue weighted by Gasteiger charge is 2.49. The van der Waals surface area contributed by atoms with Gasteiger partial charge in [0.25, 0.3) is 11.8 Å². The van der Waals surface area contributed by atoms with Crippen molar-refractivity contribution in [2.75, 3.05) is 23.7 Å². The number of amides is 4. The lowest BCUT2D eigenvalue weighted by molar-refractivity contribution is -0.133. The molecule has 2 N–H and O–H groups in total. The summed E-state index contributed by atoms with van der Waals surface area (Å²) in [4.78, 5) is 65.4. The summed E-state index contributed by atoms with van der Waals surface area (Å²) in [5.74, 6) is -0.720. The van der Waals surface area contributed by atoms with Crippen LogP contribution in [0.15, 0.2) is 125 Å². The van der Waals surface area contributed by atoms with E-state index < -0.39 is 11.3 Å². The van der Waals surface area contributed by atoms with E-state index in [0.717, 1.165) is 93.9 Å². The van der Waals surface area contributed by atoms with Gasteiger partial charge in [-0.15, -0.1) is 0 Å². The Labute approximate surface area is 339 Å². The molecule has 4 aliphatic rings. The first kappa shape index (κ1) is 39.6. The Balaban J connectivity index is 0.000000174. The molecule has 11 heteroatoms. The third-order valence-electron chi connectivity index (χ3n) is 11.2. The van der Waals surface area contributed by atoms with Crippen molar-refractivity contribution in [3.63, 3.8) is 0 Å². The maximum atomic E-state index is 13.3. The highest BCUT2D eigenvalue weighted by Crippen LogP contribution is 2.40. The van der Waals surface area contributed by atoms with E-state index in [1.165, 1.54) is 0 Å². The normalized spacial score (nSPS) is 18.5. The fourth-order valence-corrected chi connectivity index (χ4v) is 8.49. The van der Waals surface area contributed by atoms with Crippen molar-refractivity contribution < 1.29 is 19.2 Å². The van der Waals surface area contributed by atoms with Crippen molar-refractivity contribution in [2.45, 2.75) is 88.4 Å². The monoisotopic (exact) mass is 784 g/mol. The number of para-hydroxylation sites is 1. The van der Waals surface area contributed by atoms with Crippen molar-refractivity contribution in [1.82, 2.24) is 9.80 Å². The molecule has 0 saturated heterocycles. The summed E-state index contributed by atoms with van der Waals surface area (Å²) in [6.45, 7) is 0.00878. The summed E-state index contributed by atoms with van der Waals surface area (Å²) in [5, 5.41) is 6.37. The molecule has 2 fully saturated rings. The second-order valence-corrected chi connectivity index (χ2v) is 15.6. The Morgan fingerprint density at radius 2 is 0.860 bits per heavy atom. The van der Waals surface area contributed by atoms with Crippen molar-refractivity contribution in [3.05, 3.63) is 131 Å². The van der Waals surface area contributed by atoms with Crippen molar-refractivity contribution in [1.29, 1.82) is 0 Å². The molecule has 57 heavy (non-hydrogen) atoms. The number of carbonyl (C=O) groups is 4. The maximum Gasteiger partial charge on any atom is 0.275 e. The van der Waals surface area contributed by atoms with E-state index in [0.29, 0.717) is 22.1 Å². The lowest BCUT2D eigenvalue weighted by Crippen LogP contribution is -2.50. The molecule has 4 amide bonds. The molecule has 2 spiro atoms. The zero-order chi connectivity index (χ0) is 39.7. The average molecular weight is 785 g/mol. The Hall–Kier alpha value is -5.61. The molecule has 0 radical (unpaired) electrons. The third kappa shape index (κ3) is 9.34. The van der Waals surface area contributed by atoms with E-state index in [1.807, 2.05) is 91.0 Å². The number of anilines is 2. The minimum atomic E-state index is -0.615. The molecule has 2 saturated carbocycles. The maximum absolute atomic E-state index is 13.3. The minimum Gasteiger partial charge on any atom is -0.325 e. The molecule has 0 atom stereocenters. The molecule has 2 heterocycles. The number of rotatable bonds is 8. The van der Waals surface area contributed by atoms with Crippen LogP contribution in [-0.2, 0) is 19.2 Å². The topological polar surface area (TPSA) is 124 Å². The number of hydrogen-bond acceptors (Lipinski definition) is 6. The van der Waals surface area contributed by atoms with Crippen LogP contribution >= 0.6 is 11.6 Å². The van der Waals surface area contributed by atoms with Crippen LogP contribution in [0.2, 0.25) is 5.02 Å². The van der Waals surface area contributed by atoms with E-state index in [-0.39, 0.29) is 36.7 Å². The van der Waals surface area contributed by atoms with Gasteiger partial charge in [-0.3, -0.25) is 29.2 Å².